The van der Waals surface area contributed by atoms with E-state index < -0.39 is 0 Å². The van der Waals surface area contributed by atoms with Gasteiger partial charge in [-0.3, -0.25) is 10.3 Å². The van der Waals surface area contributed by atoms with Gasteiger partial charge in [-0.25, -0.2) is 0 Å². The first kappa shape index (κ1) is 7.06. The van der Waals surface area contributed by atoms with Gasteiger partial charge in [-0.15, -0.1) is 0 Å². The number of rotatable bonds is 2. The first-order valence-electron chi connectivity index (χ1n) is 3.34. The number of nitrogens with zero attached hydrogens (tertiary/aromatic N) is 1. The highest BCUT2D eigenvalue weighted by Gasteiger charge is 2.21. The standard InChI is InChI=1S/C5H13BN2O/c1-8(2)7-6-4-3-5-9-6/h7H,3-5H2,1-2H3. The molecule has 0 radical (unpaired) electrons. The van der Waals surface area contributed by atoms with Crippen molar-refractivity contribution < 1.29 is 4.65 Å². The maximum Gasteiger partial charge on any atom is 0.394 e. The lowest BCUT2D eigenvalue weighted by molar-refractivity contribution is 0.297. The quantitative estimate of drug-likeness (QED) is 0.417. The second-order valence-corrected chi connectivity index (χ2v) is 2.53. The summed E-state index contributed by atoms with van der Waals surface area (Å²) in [4.78, 5) is 0. The van der Waals surface area contributed by atoms with E-state index in [0.717, 1.165) is 12.9 Å². The summed E-state index contributed by atoms with van der Waals surface area (Å²) >= 11 is 0. The molecular formula is C5H13BN2O. The van der Waals surface area contributed by atoms with E-state index in [9.17, 15) is 0 Å². The van der Waals surface area contributed by atoms with Crippen LogP contribution in [0, 0.1) is 0 Å². The van der Waals surface area contributed by atoms with Crippen molar-refractivity contribution in [1.82, 2.24) is 10.3 Å². The summed E-state index contributed by atoms with van der Waals surface area (Å²) in [5, 5.41) is 5.08. The predicted octanol–water partition coefficient (Wildman–Crippen LogP) is -0.0389. The van der Waals surface area contributed by atoms with Gasteiger partial charge in [-0.1, -0.05) is 0 Å². The fraction of sp³-hybridized carbons (Fsp3) is 1.00. The normalized spacial score (nSPS) is 19.7. The van der Waals surface area contributed by atoms with Crippen LogP contribution in [0.2, 0.25) is 6.32 Å². The van der Waals surface area contributed by atoms with E-state index >= 15 is 0 Å². The summed E-state index contributed by atoms with van der Waals surface area (Å²) in [6.45, 7) is 0.908. The van der Waals surface area contributed by atoms with Crippen molar-refractivity contribution >= 4 is 7.05 Å². The molecule has 1 saturated heterocycles. The van der Waals surface area contributed by atoms with E-state index in [-0.39, 0.29) is 7.05 Å². The molecule has 1 aliphatic heterocycles. The lowest BCUT2D eigenvalue weighted by Gasteiger charge is -2.13. The summed E-state index contributed by atoms with van der Waals surface area (Å²) in [5.74, 6) is 0. The van der Waals surface area contributed by atoms with Crippen LogP contribution in [0.4, 0.5) is 0 Å². The van der Waals surface area contributed by atoms with Crippen LogP contribution in [0.1, 0.15) is 6.42 Å². The van der Waals surface area contributed by atoms with Gasteiger partial charge in [0, 0.05) is 20.7 Å². The first-order chi connectivity index (χ1) is 4.29. The van der Waals surface area contributed by atoms with E-state index in [1.165, 1.54) is 6.42 Å². The highest BCUT2D eigenvalue weighted by Crippen LogP contribution is 2.06. The van der Waals surface area contributed by atoms with Crippen molar-refractivity contribution in [1.29, 1.82) is 0 Å². The van der Waals surface area contributed by atoms with Crippen LogP contribution in [0.5, 0.6) is 0 Å². The Balaban J connectivity index is 2.11. The monoisotopic (exact) mass is 128 g/mol. The van der Waals surface area contributed by atoms with E-state index in [1.54, 1.807) is 0 Å². The molecule has 3 nitrogen and oxygen atoms in total. The lowest BCUT2D eigenvalue weighted by Crippen LogP contribution is -2.42. The van der Waals surface area contributed by atoms with Crippen LogP contribution < -0.4 is 5.34 Å². The number of hydrogen-bond acceptors (Lipinski definition) is 3. The van der Waals surface area contributed by atoms with Crippen molar-refractivity contribution in [3.05, 3.63) is 0 Å². The van der Waals surface area contributed by atoms with Crippen LogP contribution in [0.15, 0.2) is 0 Å². The second kappa shape index (κ2) is 3.20. The van der Waals surface area contributed by atoms with Crippen LogP contribution in [0.3, 0.4) is 0 Å². The Morgan fingerprint density at radius 1 is 1.56 bits per heavy atom. The minimum atomic E-state index is 0.264. The van der Waals surface area contributed by atoms with Gasteiger partial charge in [-0.05, 0) is 12.7 Å². The largest absolute Gasteiger partial charge is 0.421 e. The summed E-state index contributed by atoms with van der Waals surface area (Å²) in [6, 6.07) is 0. The van der Waals surface area contributed by atoms with E-state index in [0.29, 0.717) is 0 Å². The minimum Gasteiger partial charge on any atom is -0.421 e. The lowest BCUT2D eigenvalue weighted by atomic mass is 9.81. The van der Waals surface area contributed by atoms with Crippen molar-refractivity contribution in [3.8, 4) is 0 Å². The third-order valence-electron chi connectivity index (χ3n) is 1.33. The van der Waals surface area contributed by atoms with Crippen LogP contribution >= 0.6 is 0 Å². The van der Waals surface area contributed by atoms with Gasteiger partial charge in [0.15, 0.2) is 0 Å². The van der Waals surface area contributed by atoms with Crippen LogP contribution in [-0.2, 0) is 4.65 Å². The molecule has 0 aromatic heterocycles. The van der Waals surface area contributed by atoms with Crippen molar-refractivity contribution in [2.24, 2.45) is 0 Å². The van der Waals surface area contributed by atoms with Gasteiger partial charge >= 0.3 is 7.05 Å². The van der Waals surface area contributed by atoms with E-state index in [4.69, 9.17) is 4.65 Å². The highest BCUT2D eigenvalue weighted by molar-refractivity contribution is 6.49. The number of nitrogens with one attached hydrogen (secondary N) is 1. The summed E-state index contributed by atoms with van der Waals surface area (Å²) < 4.78 is 5.31. The second-order valence-electron chi connectivity index (χ2n) is 2.53. The van der Waals surface area contributed by atoms with Gasteiger partial charge in [0.05, 0.1) is 0 Å². The summed E-state index contributed by atoms with van der Waals surface area (Å²) in [6.07, 6.45) is 2.32. The van der Waals surface area contributed by atoms with Crippen molar-refractivity contribution in [2.75, 3.05) is 20.7 Å². The molecule has 0 aromatic carbocycles. The fourth-order valence-electron chi connectivity index (χ4n) is 0.967. The molecule has 4 heteroatoms. The molecule has 1 fully saturated rings. The number of hydrazine groups is 1. The van der Waals surface area contributed by atoms with E-state index in [2.05, 4.69) is 5.34 Å². The molecule has 0 aliphatic carbocycles. The highest BCUT2D eigenvalue weighted by atomic mass is 16.4. The van der Waals surface area contributed by atoms with Crippen molar-refractivity contribution in [3.63, 3.8) is 0 Å². The molecule has 0 saturated carbocycles. The topological polar surface area (TPSA) is 24.5 Å². The Kier molecular flexibility index (Phi) is 2.51. The average Bonchev–Trinajstić information content (AvgIpc) is 2.15. The van der Waals surface area contributed by atoms with Gasteiger partial charge in [-0.2, -0.15) is 0 Å². The Morgan fingerprint density at radius 2 is 2.33 bits per heavy atom. The molecule has 9 heavy (non-hydrogen) atoms. The Labute approximate surface area is 56.5 Å². The molecule has 0 bridgehead atoms. The summed E-state index contributed by atoms with van der Waals surface area (Å²) in [7, 11) is 4.21. The minimum absolute atomic E-state index is 0.264. The third kappa shape index (κ3) is 2.34. The van der Waals surface area contributed by atoms with Crippen molar-refractivity contribution in [2.45, 2.75) is 12.7 Å². The van der Waals surface area contributed by atoms with Gasteiger partial charge in [0.25, 0.3) is 0 Å². The maximum atomic E-state index is 5.31. The molecule has 0 amide bonds. The zero-order valence-corrected chi connectivity index (χ0v) is 6.05. The van der Waals surface area contributed by atoms with Crippen LogP contribution in [0.25, 0.3) is 0 Å². The van der Waals surface area contributed by atoms with Crippen LogP contribution in [-0.4, -0.2) is 32.8 Å². The molecule has 0 aromatic rings. The van der Waals surface area contributed by atoms with E-state index in [1.807, 2.05) is 19.1 Å². The summed E-state index contributed by atoms with van der Waals surface area (Å²) in [5.41, 5.74) is 0. The molecule has 0 unspecified atom stereocenters. The number of hydrogen-bond donors (Lipinski definition) is 1. The smallest absolute Gasteiger partial charge is 0.394 e. The molecule has 0 spiro atoms. The average molecular weight is 128 g/mol. The molecule has 1 N–H and O–H groups in total. The van der Waals surface area contributed by atoms with Gasteiger partial charge < -0.3 is 4.65 Å². The molecule has 1 heterocycles. The maximum absolute atomic E-state index is 5.31. The first-order valence-corrected chi connectivity index (χ1v) is 3.34. The molecule has 52 valence electrons. The molecule has 1 rings (SSSR count). The van der Waals surface area contributed by atoms with Gasteiger partial charge in [0.1, 0.15) is 0 Å². The third-order valence-corrected chi connectivity index (χ3v) is 1.33. The van der Waals surface area contributed by atoms with Gasteiger partial charge in [0.2, 0.25) is 0 Å². The molecular weight excluding hydrogens is 115 g/mol. The fourth-order valence-corrected chi connectivity index (χ4v) is 0.967. The SMILES string of the molecule is CN(C)NB1CCCO1. The zero-order valence-electron chi connectivity index (χ0n) is 6.05. The Bertz CT molecular complexity index is 83.0. The Hall–Kier alpha value is -0.0551. The predicted molar refractivity (Wildman–Crippen MR) is 38.0 cm³/mol. The Morgan fingerprint density at radius 3 is 2.78 bits per heavy atom. The zero-order chi connectivity index (χ0) is 6.69. The molecule has 1 aliphatic rings. The molecule has 0 atom stereocenters.